The summed E-state index contributed by atoms with van der Waals surface area (Å²) >= 11 is 0. The number of para-hydroxylation sites is 1. The summed E-state index contributed by atoms with van der Waals surface area (Å²) < 4.78 is 2.49. The monoisotopic (exact) mass is 780 g/mol. The molecule has 0 spiro atoms. The van der Waals surface area contributed by atoms with E-state index in [1.54, 1.807) is 0 Å². The predicted octanol–water partition coefficient (Wildman–Crippen LogP) is 14.3. The molecule has 2 atom stereocenters. The number of fused-ring (bicyclic) bond motifs is 10. The summed E-state index contributed by atoms with van der Waals surface area (Å²) in [6.45, 7) is 2.44. The molecule has 0 saturated heterocycles. The predicted molar refractivity (Wildman–Crippen MR) is 252 cm³/mol. The van der Waals surface area contributed by atoms with Gasteiger partial charge < -0.3 is 4.57 Å². The van der Waals surface area contributed by atoms with Crippen LogP contribution in [-0.4, -0.2) is 19.5 Å². The van der Waals surface area contributed by atoms with Crippen molar-refractivity contribution in [2.75, 3.05) is 0 Å². The van der Waals surface area contributed by atoms with Crippen LogP contribution in [-0.2, 0) is 6.42 Å². The molecule has 2 aromatic heterocycles. The highest BCUT2D eigenvalue weighted by Gasteiger charge is 2.36. The summed E-state index contributed by atoms with van der Waals surface area (Å²) in [5.74, 6) is 2.61. The van der Waals surface area contributed by atoms with Gasteiger partial charge in [-0.15, -0.1) is 0 Å². The number of nitrogens with zero attached hydrogens (tertiary/aromatic N) is 4. The summed E-state index contributed by atoms with van der Waals surface area (Å²) in [5.41, 5.74) is 13.4. The summed E-state index contributed by atoms with van der Waals surface area (Å²) in [6, 6.07) is 72.0. The van der Waals surface area contributed by atoms with Crippen LogP contribution in [0.5, 0.6) is 0 Å². The number of hydrogen-bond donors (Lipinski definition) is 0. The second kappa shape index (κ2) is 14.2. The molecule has 4 heteroatoms. The maximum atomic E-state index is 5.15. The first-order valence-electron chi connectivity index (χ1n) is 21.2. The topological polar surface area (TPSA) is 43.6 Å². The van der Waals surface area contributed by atoms with E-state index >= 15 is 0 Å². The molecule has 0 saturated carbocycles. The zero-order chi connectivity index (χ0) is 40.4. The molecular formula is C57H40N4. The molecule has 2 unspecified atom stereocenters. The van der Waals surface area contributed by atoms with Gasteiger partial charge in [0.15, 0.2) is 17.5 Å². The van der Waals surface area contributed by atoms with Crippen LogP contribution in [0.25, 0.3) is 94.3 Å². The van der Waals surface area contributed by atoms with Crippen LogP contribution in [0.1, 0.15) is 29.5 Å². The van der Waals surface area contributed by atoms with Gasteiger partial charge >= 0.3 is 0 Å². The van der Waals surface area contributed by atoms with E-state index in [1.165, 1.54) is 60.4 Å². The van der Waals surface area contributed by atoms with Crippen LogP contribution in [0.15, 0.2) is 200 Å². The average Bonchev–Trinajstić information content (AvgIpc) is 3.85. The molecule has 0 aliphatic heterocycles. The molecular weight excluding hydrogens is 741 g/mol. The van der Waals surface area contributed by atoms with Crippen molar-refractivity contribution in [3.8, 4) is 51.0 Å². The molecule has 0 fully saturated rings. The van der Waals surface area contributed by atoms with Gasteiger partial charge in [-0.3, -0.25) is 0 Å². The van der Waals surface area contributed by atoms with E-state index in [2.05, 4.69) is 175 Å². The van der Waals surface area contributed by atoms with Crippen molar-refractivity contribution in [2.24, 2.45) is 5.92 Å². The SMILES string of the molecule is CC(Cc1ccccc1)C1c2ccc3ccccc3c2-c2c1ccc1c2c2ccccc2n1-c1ccc(-c2nc(-c3ccccc3)nc(-c3ccccc3)n2)c2ccccc12. The minimum absolute atomic E-state index is 0.267. The molecule has 9 aromatic carbocycles. The van der Waals surface area contributed by atoms with Crippen LogP contribution in [0.2, 0.25) is 0 Å². The largest absolute Gasteiger partial charge is 0.309 e. The lowest BCUT2D eigenvalue weighted by atomic mass is 9.81. The molecule has 288 valence electrons. The zero-order valence-corrected chi connectivity index (χ0v) is 33.7. The van der Waals surface area contributed by atoms with Gasteiger partial charge in [-0.05, 0) is 80.6 Å². The van der Waals surface area contributed by atoms with E-state index in [0.717, 1.165) is 39.6 Å². The van der Waals surface area contributed by atoms with Gasteiger partial charge in [-0.2, -0.15) is 0 Å². The zero-order valence-electron chi connectivity index (χ0n) is 33.7. The van der Waals surface area contributed by atoms with E-state index in [-0.39, 0.29) is 5.92 Å². The van der Waals surface area contributed by atoms with Gasteiger partial charge in [0.1, 0.15) is 0 Å². The van der Waals surface area contributed by atoms with Gasteiger partial charge in [0.05, 0.1) is 16.7 Å². The Hall–Kier alpha value is -7.69. The molecule has 2 heterocycles. The third kappa shape index (κ3) is 5.71. The highest BCUT2D eigenvalue weighted by atomic mass is 15.0. The van der Waals surface area contributed by atoms with E-state index in [9.17, 15) is 0 Å². The van der Waals surface area contributed by atoms with Gasteiger partial charge in [0.25, 0.3) is 0 Å². The smallest absolute Gasteiger partial charge is 0.164 e. The first-order valence-corrected chi connectivity index (χ1v) is 21.2. The van der Waals surface area contributed by atoms with Crippen LogP contribution >= 0.6 is 0 Å². The average molecular weight is 781 g/mol. The minimum Gasteiger partial charge on any atom is -0.309 e. The lowest BCUT2D eigenvalue weighted by Crippen LogP contribution is -2.12. The molecule has 1 aliphatic rings. The van der Waals surface area contributed by atoms with Crippen molar-refractivity contribution in [3.63, 3.8) is 0 Å². The third-order valence-electron chi connectivity index (χ3n) is 12.8. The lowest BCUT2D eigenvalue weighted by molar-refractivity contribution is 0.517. The molecule has 0 radical (unpaired) electrons. The number of aromatic nitrogens is 4. The molecule has 61 heavy (non-hydrogen) atoms. The fourth-order valence-electron chi connectivity index (χ4n) is 10.2. The Morgan fingerprint density at radius 1 is 0.443 bits per heavy atom. The fraction of sp³-hybridized carbons (Fsp3) is 0.0702. The van der Waals surface area contributed by atoms with E-state index < -0.39 is 0 Å². The van der Waals surface area contributed by atoms with Crippen molar-refractivity contribution in [3.05, 3.63) is 217 Å². The summed E-state index contributed by atoms with van der Waals surface area (Å²) in [5, 5.41) is 7.38. The normalized spacial score (nSPS) is 13.8. The highest BCUT2D eigenvalue weighted by molar-refractivity contribution is 6.21. The van der Waals surface area contributed by atoms with E-state index in [0.29, 0.717) is 23.4 Å². The van der Waals surface area contributed by atoms with Crippen LogP contribution in [0.3, 0.4) is 0 Å². The standard InChI is InChI=1S/C57H40N4/c1-36(35-37-17-5-2-6-18-37)51-46-30-29-38-19-11-12-24-41(38)52(46)54-47(51)32-34-50-53(54)45-27-15-16-28-48(45)61(50)49-33-31-44(42-25-13-14-26-43(42)49)57-59-55(39-20-7-3-8-21-39)58-56(60-57)40-22-9-4-10-23-40/h2-34,36,51H,35H2,1H3. The molecule has 12 rings (SSSR count). The fourth-order valence-corrected chi connectivity index (χ4v) is 10.2. The van der Waals surface area contributed by atoms with Crippen molar-refractivity contribution >= 4 is 43.4 Å². The Balaban J connectivity index is 1.09. The third-order valence-corrected chi connectivity index (χ3v) is 12.8. The lowest BCUT2D eigenvalue weighted by Gasteiger charge is -2.22. The maximum absolute atomic E-state index is 5.15. The summed E-state index contributed by atoms with van der Waals surface area (Å²) in [7, 11) is 0. The number of benzene rings is 9. The Labute approximate surface area is 354 Å². The summed E-state index contributed by atoms with van der Waals surface area (Å²) in [4.78, 5) is 15.3. The van der Waals surface area contributed by atoms with Crippen LogP contribution in [0.4, 0.5) is 0 Å². The van der Waals surface area contributed by atoms with E-state index in [1.807, 2.05) is 36.4 Å². The first-order chi connectivity index (χ1) is 30.2. The van der Waals surface area contributed by atoms with Crippen LogP contribution < -0.4 is 0 Å². The Morgan fingerprint density at radius 3 is 1.72 bits per heavy atom. The Kier molecular flexibility index (Phi) is 8.24. The van der Waals surface area contributed by atoms with Crippen molar-refractivity contribution in [1.29, 1.82) is 0 Å². The summed E-state index contributed by atoms with van der Waals surface area (Å²) in [6.07, 6.45) is 1.01. The van der Waals surface area contributed by atoms with Crippen molar-refractivity contribution < 1.29 is 0 Å². The Morgan fingerprint density at radius 2 is 1.00 bits per heavy atom. The number of hydrogen-bond acceptors (Lipinski definition) is 3. The molecule has 4 nitrogen and oxygen atoms in total. The first kappa shape index (κ1) is 35.3. The molecule has 0 N–H and O–H groups in total. The number of rotatable bonds is 7. The van der Waals surface area contributed by atoms with Gasteiger partial charge in [-0.25, -0.2) is 15.0 Å². The molecule has 0 amide bonds. The van der Waals surface area contributed by atoms with Gasteiger partial charge in [-0.1, -0.05) is 183 Å². The van der Waals surface area contributed by atoms with Crippen molar-refractivity contribution in [2.45, 2.75) is 19.3 Å². The molecule has 0 bridgehead atoms. The quantitative estimate of drug-likeness (QED) is 0.162. The molecule has 1 aliphatic carbocycles. The second-order valence-electron chi connectivity index (χ2n) is 16.4. The Bertz CT molecular complexity index is 3410. The van der Waals surface area contributed by atoms with Gasteiger partial charge in [0, 0.05) is 38.8 Å². The van der Waals surface area contributed by atoms with E-state index in [4.69, 9.17) is 15.0 Å². The maximum Gasteiger partial charge on any atom is 0.164 e. The minimum atomic E-state index is 0.267. The molecule has 11 aromatic rings. The van der Waals surface area contributed by atoms with Crippen molar-refractivity contribution in [1.82, 2.24) is 19.5 Å². The van der Waals surface area contributed by atoms with Gasteiger partial charge in [0.2, 0.25) is 0 Å². The van der Waals surface area contributed by atoms with Crippen LogP contribution in [0, 0.1) is 5.92 Å². The second-order valence-corrected chi connectivity index (χ2v) is 16.4. The highest BCUT2D eigenvalue weighted by Crippen LogP contribution is 2.55.